The van der Waals surface area contributed by atoms with E-state index in [4.69, 9.17) is 11.6 Å². The molecule has 0 aliphatic heterocycles. The lowest BCUT2D eigenvalue weighted by Gasteiger charge is -1.93. The van der Waals surface area contributed by atoms with Gasteiger partial charge in [0, 0.05) is 11.8 Å². The quantitative estimate of drug-likeness (QED) is 0.428. The van der Waals surface area contributed by atoms with Crippen molar-refractivity contribution >= 4 is 17.3 Å². The molecule has 1 aromatic heterocycles. The second kappa shape index (κ2) is 3.36. The van der Waals surface area contributed by atoms with E-state index in [1.54, 1.807) is 0 Å². The fourth-order valence-corrected chi connectivity index (χ4v) is 0.906. The normalized spacial score (nSPS) is 9.75. The SMILES string of the molecule is O=c1cc([N+](=O)[O-])cc(CCl)[nH]1. The maximum absolute atomic E-state index is 10.8. The minimum Gasteiger partial charge on any atom is -0.325 e. The molecule has 1 N–H and O–H groups in total. The van der Waals surface area contributed by atoms with Crippen LogP contribution in [0.1, 0.15) is 5.69 Å². The number of hydrogen-bond donors (Lipinski definition) is 1. The summed E-state index contributed by atoms with van der Waals surface area (Å²) in [6, 6.07) is 2.14. The monoisotopic (exact) mass is 188 g/mol. The van der Waals surface area contributed by atoms with Crippen molar-refractivity contribution in [2.75, 3.05) is 0 Å². The van der Waals surface area contributed by atoms with Crippen LogP contribution in [0, 0.1) is 10.1 Å². The van der Waals surface area contributed by atoms with E-state index in [9.17, 15) is 14.9 Å². The van der Waals surface area contributed by atoms with E-state index in [-0.39, 0.29) is 11.6 Å². The lowest BCUT2D eigenvalue weighted by Crippen LogP contribution is -2.08. The molecule has 0 bridgehead atoms. The topological polar surface area (TPSA) is 76.0 Å². The number of H-pyrrole nitrogens is 1. The van der Waals surface area contributed by atoms with Crippen molar-refractivity contribution in [1.29, 1.82) is 0 Å². The van der Waals surface area contributed by atoms with Gasteiger partial charge in [-0.05, 0) is 0 Å². The van der Waals surface area contributed by atoms with Crippen molar-refractivity contribution in [2.24, 2.45) is 0 Å². The lowest BCUT2D eigenvalue weighted by atomic mass is 10.3. The number of alkyl halides is 1. The number of halogens is 1. The Hall–Kier alpha value is -1.36. The Morgan fingerprint density at radius 1 is 1.58 bits per heavy atom. The molecular weight excluding hydrogens is 184 g/mol. The van der Waals surface area contributed by atoms with Crippen LogP contribution in [-0.2, 0) is 5.88 Å². The highest BCUT2D eigenvalue weighted by Crippen LogP contribution is 2.09. The number of hydrogen-bond acceptors (Lipinski definition) is 3. The van der Waals surface area contributed by atoms with Crippen LogP contribution in [0.5, 0.6) is 0 Å². The zero-order valence-corrected chi connectivity index (χ0v) is 6.67. The van der Waals surface area contributed by atoms with E-state index in [2.05, 4.69) is 4.98 Å². The molecule has 1 rings (SSSR count). The van der Waals surface area contributed by atoms with Crippen LogP contribution in [0.15, 0.2) is 16.9 Å². The van der Waals surface area contributed by atoms with Gasteiger partial charge in [0.25, 0.3) is 11.2 Å². The molecule has 0 fully saturated rings. The van der Waals surface area contributed by atoms with Crippen molar-refractivity contribution in [3.63, 3.8) is 0 Å². The molecule has 0 aliphatic carbocycles. The summed E-state index contributed by atoms with van der Waals surface area (Å²) in [7, 11) is 0. The van der Waals surface area contributed by atoms with Gasteiger partial charge in [-0.3, -0.25) is 14.9 Å². The van der Waals surface area contributed by atoms with Crippen molar-refractivity contribution in [3.05, 3.63) is 38.3 Å². The highest BCUT2D eigenvalue weighted by atomic mass is 35.5. The summed E-state index contributed by atoms with van der Waals surface area (Å²) < 4.78 is 0. The van der Waals surface area contributed by atoms with E-state index < -0.39 is 10.5 Å². The summed E-state index contributed by atoms with van der Waals surface area (Å²) in [5.41, 5.74) is -0.412. The Kier molecular flexibility index (Phi) is 2.44. The summed E-state index contributed by atoms with van der Waals surface area (Å²) in [5.74, 6) is 0.0525. The van der Waals surface area contributed by atoms with Crippen LogP contribution in [-0.4, -0.2) is 9.91 Å². The third kappa shape index (κ3) is 1.82. The van der Waals surface area contributed by atoms with Gasteiger partial charge in [-0.25, -0.2) is 0 Å². The van der Waals surface area contributed by atoms with Gasteiger partial charge in [-0.1, -0.05) is 0 Å². The first-order valence-electron chi connectivity index (χ1n) is 3.07. The van der Waals surface area contributed by atoms with Crippen molar-refractivity contribution in [2.45, 2.75) is 5.88 Å². The number of aromatic nitrogens is 1. The smallest absolute Gasteiger partial charge is 0.276 e. The average Bonchev–Trinajstić information content (AvgIpc) is 2.03. The first kappa shape index (κ1) is 8.73. The second-order valence-electron chi connectivity index (χ2n) is 2.12. The molecular formula is C6H5ClN2O3. The Bertz CT molecular complexity index is 360. The van der Waals surface area contributed by atoms with Crippen LogP contribution in [0.4, 0.5) is 5.69 Å². The Balaban J connectivity index is 3.24. The lowest BCUT2D eigenvalue weighted by molar-refractivity contribution is -0.385. The van der Waals surface area contributed by atoms with E-state index in [0.717, 1.165) is 6.07 Å². The maximum atomic E-state index is 10.8. The van der Waals surface area contributed by atoms with Crippen LogP contribution in [0.25, 0.3) is 0 Å². The fraction of sp³-hybridized carbons (Fsp3) is 0.167. The largest absolute Gasteiger partial charge is 0.325 e. The third-order valence-corrected chi connectivity index (χ3v) is 1.53. The summed E-state index contributed by atoms with van der Waals surface area (Å²) in [4.78, 5) is 22.7. The molecule has 0 spiro atoms. The highest BCUT2D eigenvalue weighted by molar-refractivity contribution is 6.16. The fourth-order valence-electron chi connectivity index (χ4n) is 0.762. The van der Waals surface area contributed by atoms with E-state index in [0.29, 0.717) is 5.69 Å². The number of rotatable bonds is 2. The van der Waals surface area contributed by atoms with Gasteiger partial charge in [0.2, 0.25) is 0 Å². The molecule has 1 heterocycles. The third-order valence-electron chi connectivity index (χ3n) is 1.24. The van der Waals surface area contributed by atoms with Gasteiger partial charge in [0.15, 0.2) is 0 Å². The molecule has 0 aromatic carbocycles. The van der Waals surface area contributed by atoms with E-state index in [1.807, 2.05) is 0 Å². The van der Waals surface area contributed by atoms with Gasteiger partial charge in [0.1, 0.15) is 0 Å². The number of nitrogens with zero attached hydrogens (tertiary/aromatic N) is 1. The molecule has 12 heavy (non-hydrogen) atoms. The minimum atomic E-state index is -0.634. The minimum absolute atomic E-state index is 0.0525. The molecule has 0 aliphatic rings. The number of nitro groups is 1. The molecule has 5 nitrogen and oxygen atoms in total. The second-order valence-corrected chi connectivity index (χ2v) is 2.39. The highest BCUT2D eigenvalue weighted by Gasteiger charge is 2.07. The molecule has 0 atom stereocenters. The van der Waals surface area contributed by atoms with Crippen molar-refractivity contribution < 1.29 is 4.92 Å². The van der Waals surface area contributed by atoms with Gasteiger partial charge in [-0.2, -0.15) is 0 Å². The van der Waals surface area contributed by atoms with Crippen LogP contribution in [0.2, 0.25) is 0 Å². The van der Waals surface area contributed by atoms with E-state index >= 15 is 0 Å². The Labute approximate surface area is 72.1 Å². The molecule has 0 saturated heterocycles. The number of pyridine rings is 1. The van der Waals surface area contributed by atoms with Gasteiger partial charge in [-0.15, -0.1) is 11.6 Å². The molecule has 6 heteroatoms. The van der Waals surface area contributed by atoms with Crippen LogP contribution >= 0.6 is 11.6 Å². The Morgan fingerprint density at radius 3 is 2.75 bits per heavy atom. The molecule has 64 valence electrons. The number of nitrogens with one attached hydrogen (secondary N) is 1. The zero-order valence-electron chi connectivity index (χ0n) is 5.91. The van der Waals surface area contributed by atoms with Crippen molar-refractivity contribution in [1.82, 2.24) is 4.98 Å². The van der Waals surface area contributed by atoms with Gasteiger partial charge >= 0.3 is 0 Å². The Morgan fingerprint density at radius 2 is 2.25 bits per heavy atom. The summed E-state index contributed by atoms with van der Waals surface area (Å²) >= 11 is 5.38. The standard InChI is InChI=1S/C6H5ClN2O3/c7-3-4-1-5(9(11)12)2-6(10)8-4/h1-2H,3H2,(H,8,10). The number of aromatic amines is 1. The first-order valence-corrected chi connectivity index (χ1v) is 3.60. The maximum Gasteiger partial charge on any atom is 0.276 e. The van der Waals surface area contributed by atoms with Crippen LogP contribution in [0.3, 0.4) is 0 Å². The van der Waals surface area contributed by atoms with Gasteiger partial charge < -0.3 is 4.98 Å². The average molecular weight is 189 g/mol. The van der Waals surface area contributed by atoms with E-state index in [1.165, 1.54) is 6.07 Å². The molecule has 0 saturated carbocycles. The molecule has 0 radical (unpaired) electrons. The first-order chi connectivity index (χ1) is 5.63. The summed E-state index contributed by atoms with van der Waals surface area (Å²) in [6.07, 6.45) is 0. The zero-order chi connectivity index (χ0) is 9.14. The molecule has 0 unspecified atom stereocenters. The predicted octanol–water partition coefficient (Wildman–Crippen LogP) is 1.02. The predicted molar refractivity (Wildman–Crippen MR) is 43.3 cm³/mol. The summed E-state index contributed by atoms with van der Waals surface area (Å²) in [6.45, 7) is 0. The summed E-state index contributed by atoms with van der Waals surface area (Å²) in [5, 5.41) is 10.2. The van der Waals surface area contributed by atoms with Gasteiger partial charge in [0.05, 0.1) is 16.9 Å². The van der Waals surface area contributed by atoms with Crippen LogP contribution < -0.4 is 5.56 Å². The molecule has 0 amide bonds. The van der Waals surface area contributed by atoms with Crippen molar-refractivity contribution in [3.8, 4) is 0 Å². The molecule has 1 aromatic rings.